The Bertz CT molecular complexity index is 624. The largest absolute Gasteiger partial charge is 0.465 e. The molecule has 1 aromatic rings. The number of nitrogens with two attached hydrogens (primary N) is 1. The fourth-order valence-electron chi connectivity index (χ4n) is 1.78. The highest BCUT2D eigenvalue weighted by atomic mass is 16.6. The summed E-state index contributed by atoms with van der Waals surface area (Å²) in [6, 6.07) is 5.67. The first-order chi connectivity index (χ1) is 11.6. The number of alkyl carbamates (subject to hydrolysis) is 1. The molecule has 0 saturated carbocycles. The zero-order valence-electron chi connectivity index (χ0n) is 14.8. The molecule has 0 unspecified atom stereocenters. The van der Waals surface area contributed by atoms with Crippen LogP contribution >= 0.6 is 0 Å². The minimum Gasteiger partial charge on any atom is -0.465 e. The average Bonchev–Trinajstić information content (AvgIpc) is 2.52. The molecule has 0 fully saturated rings. The Morgan fingerprint density at radius 3 is 2.52 bits per heavy atom. The maximum atomic E-state index is 11.8. The molecule has 8 nitrogen and oxygen atoms in total. The summed E-state index contributed by atoms with van der Waals surface area (Å²) in [6.07, 6.45) is -0.862. The summed E-state index contributed by atoms with van der Waals surface area (Å²) in [6.45, 7) is 5.10. The van der Waals surface area contributed by atoms with Gasteiger partial charge in [-0.15, -0.1) is 0 Å². The van der Waals surface area contributed by atoms with Crippen LogP contribution in [0.5, 0.6) is 0 Å². The molecule has 0 aliphatic rings. The van der Waals surface area contributed by atoms with Gasteiger partial charge >= 0.3 is 12.1 Å². The summed E-state index contributed by atoms with van der Waals surface area (Å²) >= 11 is 0. The van der Waals surface area contributed by atoms with Crippen LogP contribution in [0, 0.1) is 0 Å². The van der Waals surface area contributed by atoms with E-state index in [0.717, 1.165) is 5.56 Å². The quantitative estimate of drug-likeness (QED) is 0.743. The predicted molar refractivity (Wildman–Crippen MR) is 89.8 cm³/mol. The van der Waals surface area contributed by atoms with Gasteiger partial charge in [-0.2, -0.15) is 0 Å². The van der Waals surface area contributed by atoms with Gasteiger partial charge < -0.3 is 19.9 Å². The maximum absolute atomic E-state index is 11.8. The number of benzene rings is 1. The second kappa shape index (κ2) is 9.14. The molecule has 0 aliphatic heterocycles. The second-order valence-corrected chi connectivity index (χ2v) is 6.30. The van der Waals surface area contributed by atoms with Gasteiger partial charge in [-0.1, -0.05) is 12.1 Å². The number of nitrogens with one attached hydrogen (secondary N) is 1. The summed E-state index contributed by atoms with van der Waals surface area (Å²) < 4.78 is 15.0. The van der Waals surface area contributed by atoms with Crippen LogP contribution in [0.15, 0.2) is 24.3 Å². The highest BCUT2D eigenvalue weighted by Crippen LogP contribution is 2.08. The predicted octanol–water partition coefficient (Wildman–Crippen LogP) is 1.37. The standard InChI is InChI=1S/C17H24N2O6/c1-17(2,3)25-16(22)19-14(20)13(18)10-24-9-11-6-5-7-12(8-11)15(21)23-4/h5-8,13H,9-10,18H2,1-4H3,(H,19,20,22)/t13-/m0/s1. The summed E-state index contributed by atoms with van der Waals surface area (Å²) in [5, 5.41) is 2.05. The van der Waals surface area contributed by atoms with E-state index in [0.29, 0.717) is 5.56 Å². The molecule has 0 aliphatic carbocycles. The van der Waals surface area contributed by atoms with Crippen LogP contribution in [0.4, 0.5) is 4.79 Å². The Hall–Kier alpha value is -2.45. The van der Waals surface area contributed by atoms with Gasteiger partial charge in [0.15, 0.2) is 0 Å². The lowest BCUT2D eigenvalue weighted by atomic mass is 10.1. The van der Waals surface area contributed by atoms with Crippen LogP contribution in [0.2, 0.25) is 0 Å². The number of carbonyl (C=O) groups is 3. The molecule has 0 radical (unpaired) electrons. The Morgan fingerprint density at radius 2 is 1.92 bits per heavy atom. The smallest absolute Gasteiger partial charge is 0.414 e. The van der Waals surface area contributed by atoms with Gasteiger partial charge in [0.2, 0.25) is 5.91 Å². The number of methoxy groups -OCH3 is 1. The number of imide groups is 1. The minimum atomic E-state index is -1.03. The summed E-state index contributed by atoms with van der Waals surface area (Å²) in [5.74, 6) is -1.15. The van der Waals surface area contributed by atoms with Crippen LogP contribution in [-0.4, -0.2) is 43.3 Å². The van der Waals surface area contributed by atoms with E-state index in [1.807, 2.05) is 0 Å². The molecule has 0 saturated heterocycles. The third kappa shape index (κ3) is 7.77. The highest BCUT2D eigenvalue weighted by molar-refractivity contribution is 5.94. The van der Waals surface area contributed by atoms with Crippen LogP contribution < -0.4 is 11.1 Å². The fraction of sp³-hybridized carbons (Fsp3) is 0.471. The SMILES string of the molecule is COC(=O)c1cccc(COC[C@H](N)C(=O)NC(=O)OC(C)(C)C)c1. The van der Waals surface area contributed by atoms with E-state index >= 15 is 0 Å². The zero-order chi connectivity index (χ0) is 19.0. The van der Waals surface area contributed by atoms with Crippen molar-refractivity contribution in [1.82, 2.24) is 5.32 Å². The highest BCUT2D eigenvalue weighted by Gasteiger charge is 2.21. The van der Waals surface area contributed by atoms with E-state index in [1.165, 1.54) is 7.11 Å². The Balaban J connectivity index is 2.44. The van der Waals surface area contributed by atoms with Crippen molar-refractivity contribution in [3.8, 4) is 0 Å². The van der Waals surface area contributed by atoms with Crippen LogP contribution in [0.3, 0.4) is 0 Å². The molecule has 0 aromatic heterocycles. The normalized spacial score (nSPS) is 12.2. The van der Waals surface area contributed by atoms with Crippen molar-refractivity contribution in [2.24, 2.45) is 5.73 Å². The van der Waals surface area contributed by atoms with Crippen molar-refractivity contribution in [3.05, 3.63) is 35.4 Å². The number of amides is 2. The third-order valence-electron chi connectivity index (χ3n) is 2.88. The number of esters is 1. The average molecular weight is 352 g/mol. The number of hydrogen-bond donors (Lipinski definition) is 2. The summed E-state index contributed by atoms with van der Waals surface area (Å²) in [7, 11) is 1.30. The second-order valence-electron chi connectivity index (χ2n) is 6.30. The van der Waals surface area contributed by atoms with E-state index in [1.54, 1.807) is 45.0 Å². The molecule has 2 amide bonds. The molecule has 25 heavy (non-hydrogen) atoms. The van der Waals surface area contributed by atoms with E-state index in [4.69, 9.17) is 15.2 Å². The minimum absolute atomic E-state index is 0.100. The molecule has 1 atom stereocenters. The van der Waals surface area contributed by atoms with E-state index in [2.05, 4.69) is 10.1 Å². The molecular formula is C17H24N2O6. The molecule has 3 N–H and O–H groups in total. The molecule has 8 heteroatoms. The maximum Gasteiger partial charge on any atom is 0.414 e. The monoisotopic (exact) mass is 352 g/mol. The molecule has 0 heterocycles. The van der Waals surface area contributed by atoms with Gasteiger partial charge in [-0.25, -0.2) is 9.59 Å². The third-order valence-corrected chi connectivity index (χ3v) is 2.88. The van der Waals surface area contributed by atoms with Gasteiger partial charge in [0.25, 0.3) is 0 Å². The molecule has 1 aromatic carbocycles. The van der Waals surface area contributed by atoms with Crippen molar-refractivity contribution in [1.29, 1.82) is 0 Å². The topological polar surface area (TPSA) is 117 Å². The van der Waals surface area contributed by atoms with Crippen LogP contribution in [0.1, 0.15) is 36.7 Å². The van der Waals surface area contributed by atoms with Crippen molar-refractivity contribution in [3.63, 3.8) is 0 Å². The van der Waals surface area contributed by atoms with E-state index in [-0.39, 0.29) is 13.2 Å². The Morgan fingerprint density at radius 1 is 1.24 bits per heavy atom. The van der Waals surface area contributed by atoms with Gasteiger partial charge in [0.05, 0.1) is 25.9 Å². The molecule has 1 rings (SSSR count). The number of ether oxygens (including phenoxy) is 3. The molecular weight excluding hydrogens is 328 g/mol. The first kappa shape index (κ1) is 20.6. The lowest BCUT2D eigenvalue weighted by Gasteiger charge is -2.20. The lowest BCUT2D eigenvalue weighted by molar-refractivity contribution is -0.123. The fourth-order valence-corrected chi connectivity index (χ4v) is 1.78. The van der Waals surface area contributed by atoms with Gasteiger partial charge in [-0.05, 0) is 38.5 Å². The van der Waals surface area contributed by atoms with E-state index < -0.39 is 29.6 Å². The molecule has 0 bridgehead atoms. The first-order valence-electron chi connectivity index (χ1n) is 7.67. The van der Waals surface area contributed by atoms with Gasteiger partial charge in [0.1, 0.15) is 11.6 Å². The first-order valence-corrected chi connectivity index (χ1v) is 7.67. The Kier molecular flexibility index (Phi) is 7.53. The lowest BCUT2D eigenvalue weighted by Crippen LogP contribution is -2.47. The van der Waals surface area contributed by atoms with Crippen LogP contribution in [-0.2, 0) is 25.6 Å². The van der Waals surface area contributed by atoms with Crippen molar-refractivity contribution in [2.45, 2.75) is 39.0 Å². The van der Waals surface area contributed by atoms with E-state index in [9.17, 15) is 14.4 Å². The van der Waals surface area contributed by atoms with Crippen molar-refractivity contribution in [2.75, 3.05) is 13.7 Å². The van der Waals surface area contributed by atoms with Crippen molar-refractivity contribution < 1.29 is 28.6 Å². The summed E-state index contributed by atoms with van der Waals surface area (Å²) in [4.78, 5) is 34.7. The summed E-state index contributed by atoms with van der Waals surface area (Å²) in [5.41, 5.74) is 6.08. The Labute approximate surface area is 146 Å². The van der Waals surface area contributed by atoms with Crippen LogP contribution in [0.25, 0.3) is 0 Å². The number of hydrogen-bond acceptors (Lipinski definition) is 7. The van der Waals surface area contributed by atoms with Gasteiger partial charge in [-0.3, -0.25) is 10.1 Å². The van der Waals surface area contributed by atoms with Gasteiger partial charge in [0, 0.05) is 0 Å². The molecule has 0 spiro atoms. The number of rotatable bonds is 6. The molecule has 138 valence electrons. The zero-order valence-corrected chi connectivity index (χ0v) is 14.8. The van der Waals surface area contributed by atoms with Crippen molar-refractivity contribution >= 4 is 18.0 Å². The number of carbonyl (C=O) groups excluding carboxylic acids is 3.